The Morgan fingerprint density at radius 1 is 1.04 bits per heavy atom. The van der Waals surface area contributed by atoms with Crippen LogP contribution in [0, 0.1) is 0 Å². The van der Waals surface area contributed by atoms with Crippen LogP contribution in [0.15, 0.2) is 71.2 Å². The summed E-state index contributed by atoms with van der Waals surface area (Å²) in [6, 6.07) is 14.0. The Bertz CT molecular complexity index is 806. The van der Waals surface area contributed by atoms with Crippen LogP contribution in [0.1, 0.15) is 21.7 Å². The minimum absolute atomic E-state index is 0. The molecule has 1 radical (unpaired) electrons. The second-order valence-corrected chi connectivity index (χ2v) is 5.07. The molecule has 141 valence electrons. The molecule has 0 amide bonds. The number of aliphatic hydroxyl groups is 1. The molecule has 1 atom stereocenters. The molecule has 0 bridgehead atoms. The molecule has 0 heterocycles. The topological polar surface area (TPSA) is 85.4 Å². The maximum Gasteiger partial charge on any atom is 0.124 e. The van der Waals surface area contributed by atoms with E-state index < -0.39 is 7.04 Å². The smallest absolute Gasteiger partial charge is 0.124 e. The van der Waals surface area contributed by atoms with Crippen molar-refractivity contribution in [1.82, 2.24) is 0 Å². The van der Waals surface area contributed by atoms with Gasteiger partial charge in [0.1, 0.15) is 11.5 Å². The maximum atomic E-state index is 9.74. The quantitative estimate of drug-likeness (QED) is 0.491. The van der Waals surface area contributed by atoms with Gasteiger partial charge in [-0.2, -0.15) is 0 Å². The fraction of sp³-hybridized carbons (Fsp3) is 0.200. The van der Waals surface area contributed by atoms with Gasteiger partial charge in [-0.05, 0) is 30.7 Å². The van der Waals surface area contributed by atoms with E-state index in [1.807, 2.05) is 12.1 Å². The standard InChI is InChI=1S/C19H20N2O2.CH4O.Co/c1-2-7-17(21-13-16-9-4-6-11-19(16)23)14-20-12-15-8-3-5-10-18(15)22;1-2;/h2-6,8-13,17,22-23H,1,7,14H2;2H,1H3;/i;1D3;. The van der Waals surface area contributed by atoms with Gasteiger partial charge in [0, 0.05) is 47.4 Å². The van der Waals surface area contributed by atoms with E-state index in [1.54, 1.807) is 54.9 Å². The van der Waals surface area contributed by atoms with Gasteiger partial charge in [0.05, 0.1) is 16.7 Å². The van der Waals surface area contributed by atoms with E-state index >= 15 is 0 Å². The zero-order valence-corrected chi connectivity index (χ0v) is 15.2. The number of hydrogen-bond acceptors (Lipinski definition) is 5. The van der Waals surface area contributed by atoms with E-state index in [4.69, 9.17) is 9.22 Å². The number of phenolic OH excluding ortho intramolecular Hbond substituents is 2. The Kier molecular flexibility index (Phi) is 9.78. The van der Waals surface area contributed by atoms with Crippen LogP contribution < -0.4 is 0 Å². The molecular weight excluding hydrogens is 375 g/mol. The van der Waals surface area contributed by atoms with Crippen molar-refractivity contribution in [2.24, 2.45) is 9.98 Å². The SMILES string of the molecule is C=CCC(CN=Cc1ccccc1O)N=Cc1ccccc1O.[2H]C([2H])([2H])O.[Co]. The Morgan fingerprint density at radius 2 is 1.54 bits per heavy atom. The van der Waals surface area contributed by atoms with Crippen LogP contribution in [0.3, 0.4) is 0 Å². The molecule has 0 fully saturated rings. The van der Waals surface area contributed by atoms with Gasteiger partial charge in [0.25, 0.3) is 0 Å². The first-order valence-electron chi connectivity index (χ1n) is 9.13. The normalized spacial score (nSPS) is 13.7. The number of hydrogen-bond donors (Lipinski definition) is 3. The molecule has 6 heteroatoms. The summed E-state index contributed by atoms with van der Waals surface area (Å²) in [5.74, 6) is 0.403. The molecule has 0 aromatic heterocycles. The van der Waals surface area contributed by atoms with Gasteiger partial charge >= 0.3 is 0 Å². The molecule has 26 heavy (non-hydrogen) atoms. The first-order valence-corrected chi connectivity index (χ1v) is 7.63. The van der Waals surface area contributed by atoms with E-state index in [2.05, 4.69) is 16.6 Å². The monoisotopic (exact) mass is 402 g/mol. The molecule has 0 aliphatic carbocycles. The average molecular weight is 402 g/mol. The van der Waals surface area contributed by atoms with Crippen molar-refractivity contribution in [1.29, 1.82) is 0 Å². The zero-order chi connectivity index (χ0) is 21.0. The summed E-state index contributed by atoms with van der Waals surface area (Å²) < 4.78 is 17.5. The maximum absolute atomic E-state index is 9.74. The number of para-hydroxylation sites is 2. The van der Waals surface area contributed by atoms with Crippen molar-refractivity contribution < 1.29 is 36.2 Å². The van der Waals surface area contributed by atoms with Gasteiger partial charge in [-0.1, -0.05) is 30.3 Å². The van der Waals surface area contributed by atoms with Crippen molar-refractivity contribution in [2.75, 3.05) is 13.6 Å². The third-order valence-electron chi connectivity index (χ3n) is 3.28. The third kappa shape index (κ3) is 8.11. The van der Waals surface area contributed by atoms with Crippen LogP contribution in [0.5, 0.6) is 11.5 Å². The molecular formula is C20H24CoN2O3. The molecule has 0 spiro atoms. The third-order valence-corrected chi connectivity index (χ3v) is 3.28. The van der Waals surface area contributed by atoms with Crippen molar-refractivity contribution in [3.8, 4) is 11.5 Å². The van der Waals surface area contributed by atoms with Crippen molar-refractivity contribution >= 4 is 12.4 Å². The van der Waals surface area contributed by atoms with Crippen molar-refractivity contribution in [3.05, 3.63) is 72.3 Å². The van der Waals surface area contributed by atoms with Crippen LogP contribution in [-0.2, 0) is 16.8 Å². The number of aromatic hydroxyl groups is 2. The zero-order valence-electron chi connectivity index (χ0n) is 17.1. The number of nitrogens with zero attached hydrogens (tertiary/aromatic N) is 2. The van der Waals surface area contributed by atoms with Crippen LogP contribution in [0.25, 0.3) is 0 Å². The van der Waals surface area contributed by atoms with E-state index in [0.717, 1.165) is 0 Å². The summed E-state index contributed by atoms with van der Waals surface area (Å²) in [5.41, 5.74) is 1.35. The Labute approximate surface area is 168 Å². The van der Waals surface area contributed by atoms with Gasteiger partial charge < -0.3 is 15.3 Å². The first-order chi connectivity index (χ1) is 13.2. The molecule has 2 aromatic carbocycles. The van der Waals surface area contributed by atoms with E-state index in [1.165, 1.54) is 0 Å². The molecule has 3 N–H and O–H groups in total. The van der Waals surface area contributed by atoms with Gasteiger partial charge in [-0.15, -0.1) is 6.58 Å². The Balaban J connectivity index is 0.00000117. The largest absolute Gasteiger partial charge is 0.507 e. The molecule has 2 aromatic rings. The number of rotatable bonds is 7. The predicted molar refractivity (Wildman–Crippen MR) is 103 cm³/mol. The van der Waals surface area contributed by atoms with Gasteiger partial charge in [-0.25, -0.2) is 0 Å². The molecule has 0 aliphatic rings. The van der Waals surface area contributed by atoms with E-state index in [0.29, 0.717) is 24.1 Å². The Hall–Kier alpha value is -2.41. The molecule has 0 saturated carbocycles. The summed E-state index contributed by atoms with van der Waals surface area (Å²) in [4.78, 5) is 8.81. The minimum Gasteiger partial charge on any atom is -0.507 e. The number of benzene rings is 2. The van der Waals surface area contributed by atoms with Gasteiger partial charge in [-0.3, -0.25) is 9.98 Å². The van der Waals surface area contributed by atoms with Gasteiger partial charge in [0.2, 0.25) is 0 Å². The summed E-state index contributed by atoms with van der Waals surface area (Å²) in [7, 11) is -2.75. The predicted octanol–water partition coefficient (Wildman–Crippen LogP) is 3.19. The van der Waals surface area contributed by atoms with Crippen LogP contribution in [0.4, 0.5) is 0 Å². The summed E-state index contributed by atoms with van der Waals surface area (Å²) in [5, 5.41) is 27.0. The first kappa shape index (κ1) is 18.4. The Morgan fingerprint density at radius 3 is 2.04 bits per heavy atom. The molecule has 2 rings (SSSR count). The second kappa shape index (κ2) is 13.8. The van der Waals surface area contributed by atoms with Crippen LogP contribution in [-0.4, -0.2) is 47.4 Å². The van der Waals surface area contributed by atoms with Gasteiger partial charge in [0.15, 0.2) is 0 Å². The van der Waals surface area contributed by atoms with Crippen molar-refractivity contribution in [2.45, 2.75) is 12.5 Å². The van der Waals surface area contributed by atoms with Crippen molar-refractivity contribution in [3.63, 3.8) is 0 Å². The summed E-state index contributed by atoms with van der Waals surface area (Å²) in [6.45, 7) is 4.21. The molecule has 1 unspecified atom stereocenters. The van der Waals surface area contributed by atoms with Crippen LogP contribution >= 0.6 is 0 Å². The molecule has 0 aliphatic heterocycles. The average Bonchev–Trinajstić information content (AvgIpc) is 2.61. The van der Waals surface area contributed by atoms with E-state index in [-0.39, 0.29) is 34.3 Å². The molecule has 0 saturated heterocycles. The summed E-state index contributed by atoms with van der Waals surface area (Å²) >= 11 is 0. The fourth-order valence-corrected chi connectivity index (χ4v) is 2.03. The van der Waals surface area contributed by atoms with Crippen LogP contribution in [0.2, 0.25) is 0 Å². The molecule has 5 nitrogen and oxygen atoms in total. The van der Waals surface area contributed by atoms with E-state index in [9.17, 15) is 10.2 Å². The minimum atomic E-state index is -2.75. The summed E-state index contributed by atoms with van der Waals surface area (Å²) in [6.07, 6.45) is 5.77. The number of aliphatic imine (C=N–C) groups is 2. The second-order valence-electron chi connectivity index (χ2n) is 5.07. The fourth-order valence-electron chi connectivity index (χ4n) is 2.03. The number of phenols is 2.